The molecule has 2 atom stereocenters. The standard InChI is InChI=1S/C18H35N3O2/c1-14(21-10-11-23-13-15(21)2)12-19-17(22)18(3,4)20(5)16-8-6-7-9-16/h14-16H,6-13H2,1-5H3,(H,19,22)/t14-,15+/m0/s1. The van der Waals surface area contributed by atoms with Crippen molar-refractivity contribution in [3.05, 3.63) is 0 Å². The molecule has 0 aromatic carbocycles. The van der Waals surface area contributed by atoms with Gasteiger partial charge in [-0.15, -0.1) is 0 Å². The maximum atomic E-state index is 12.7. The number of nitrogens with one attached hydrogen (secondary N) is 1. The SMILES string of the molecule is C[C@@H]1COCCN1[C@@H](C)CNC(=O)C(C)(C)N(C)C1CCCC1. The molecule has 0 spiro atoms. The van der Waals surface area contributed by atoms with Crippen LogP contribution in [0.25, 0.3) is 0 Å². The van der Waals surface area contributed by atoms with Gasteiger partial charge in [0.05, 0.1) is 18.8 Å². The molecule has 1 aliphatic carbocycles. The molecule has 0 radical (unpaired) electrons. The minimum Gasteiger partial charge on any atom is -0.379 e. The summed E-state index contributed by atoms with van der Waals surface area (Å²) >= 11 is 0. The third-order valence-electron chi connectivity index (χ3n) is 5.85. The van der Waals surface area contributed by atoms with Gasteiger partial charge in [-0.1, -0.05) is 12.8 Å². The Morgan fingerprint density at radius 1 is 1.39 bits per heavy atom. The molecular formula is C18H35N3O2. The highest BCUT2D eigenvalue weighted by Gasteiger charge is 2.37. The molecule has 1 aliphatic heterocycles. The van der Waals surface area contributed by atoms with Crippen molar-refractivity contribution in [3.63, 3.8) is 0 Å². The molecule has 1 saturated heterocycles. The van der Waals surface area contributed by atoms with Gasteiger partial charge in [0.2, 0.25) is 5.91 Å². The number of nitrogens with zero attached hydrogens (tertiary/aromatic N) is 2. The first-order chi connectivity index (χ1) is 10.8. The fourth-order valence-electron chi connectivity index (χ4n) is 3.88. The first-order valence-corrected chi connectivity index (χ1v) is 9.18. The number of rotatable bonds is 6. The monoisotopic (exact) mass is 325 g/mol. The van der Waals surface area contributed by atoms with Gasteiger partial charge in [0.15, 0.2) is 0 Å². The fourth-order valence-corrected chi connectivity index (χ4v) is 3.88. The summed E-state index contributed by atoms with van der Waals surface area (Å²) in [6.07, 6.45) is 5.02. The Balaban J connectivity index is 1.84. The van der Waals surface area contributed by atoms with Crippen molar-refractivity contribution < 1.29 is 9.53 Å². The van der Waals surface area contributed by atoms with Crippen molar-refractivity contribution in [2.45, 2.75) is 77.0 Å². The third kappa shape index (κ3) is 4.46. The van der Waals surface area contributed by atoms with Crippen molar-refractivity contribution in [1.29, 1.82) is 0 Å². The average molecular weight is 325 g/mol. The minimum absolute atomic E-state index is 0.139. The van der Waals surface area contributed by atoms with Crippen LogP contribution >= 0.6 is 0 Å². The average Bonchev–Trinajstić information content (AvgIpc) is 3.06. The Kier molecular flexibility index (Phi) is 6.46. The number of ether oxygens (including phenoxy) is 1. The number of morpholine rings is 1. The van der Waals surface area contributed by atoms with Crippen LogP contribution < -0.4 is 5.32 Å². The van der Waals surface area contributed by atoms with Crippen LogP contribution in [0, 0.1) is 0 Å². The zero-order valence-corrected chi connectivity index (χ0v) is 15.6. The maximum Gasteiger partial charge on any atom is 0.240 e. The number of carbonyl (C=O) groups is 1. The summed E-state index contributed by atoms with van der Waals surface area (Å²) < 4.78 is 5.49. The van der Waals surface area contributed by atoms with E-state index >= 15 is 0 Å². The summed E-state index contributed by atoms with van der Waals surface area (Å²) in [5.41, 5.74) is -0.453. The van der Waals surface area contributed by atoms with Gasteiger partial charge in [0.1, 0.15) is 0 Å². The van der Waals surface area contributed by atoms with Gasteiger partial charge in [-0.2, -0.15) is 0 Å². The predicted molar refractivity (Wildman–Crippen MR) is 93.6 cm³/mol. The Hall–Kier alpha value is -0.650. The molecule has 5 nitrogen and oxygen atoms in total. The summed E-state index contributed by atoms with van der Waals surface area (Å²) in [6, 6.07) is 1.31. The van der Waals surface area contributed by atoms with E-state index in [0.717, 1.165) is 19.8 Å². The van der Waals surface area contributed by atoms with Crippen LogP contribution in [0.3, 0.4) is 0 Å². The van der Waals surface area contributed by atoms with Crippen LogP contribution in [0.1, 0.15) is 53.4 Å². The topological polar surface area (TPSA) is 44.8 Å². The van der Waals surface area contributed by atoms with Gasteiger partial charge >= 0.3 is 0 Å². The quantitative estimate of drug-likeness (QED) is 0.810. The lowest BCUT2D eigenvalue weighted by Crippen LogP contribution is -2.58. The van der Waals surface area contributed by atoms with Gasteiger partial charge in [-0.05, 0) is 47.6 Å². The number of amides is 1. The van der Waals surface area contributed by atoms with Crippen LogP contribution in [0.15, 0.2) is 0 Å². The molecule has 1 amide bonds. The Morgan fingerprint density at radius 2 is 2.04 bits per heavy atom. The number of likely N-dealkylation sites (N-methyl/N-ethyl adjacent to an activating group) is 1. The van der Waals surface area contributed by atoms with E-state index < -0.39 is 5.54 Å². The molecule has 2 aliphatic rings. The molecular weight excluding hydrogens is 290 g/mol. The number of hydrogen-bond donors (Lipinski definition) is 1. The molecule has 0 unspecified atom stereocenters. The Labute approximate surface area is 141 Å². The van der Waals surface area contributed by atoms with Gasteiger partial charge in [-0.3, -0.25) is 14.6 Å². The highest BCUT2D eigenvalue weighted by atomic mass is 16.5. The summed E-state index contributed by atoms with van der Waals surface area (Å²) in [5, 5.41) is 3.18. The van der Waals surface area contributed by atoms with E-state index in [1.807, 2.05) is 13.8 Å². The molecule has 134 valence electrons. The molecule has 2 rings (SSSR count). The molecule has 2 fully saturated rings. The third-order valence-corrected chi connectivity index (χ3v) is 5.85. The van der Waals surface area contributed by atoms with E-state index in [1.54, 1.807) is 0 Å². The van der Waals surface area contributed by atoms with Gasteiger partial charge in [-0.25, -0.2) is 0 Å². The van der Waals surface area contributed by atoms with E-state index in [-0.39, 0.29) is 5.91 Å². The van der Waals surface area contributed by atoms with Crippen LogP contribution in [-0.2, 0) is 9.53 Å². The molecule has 1 saturated carbocycles. The molecule has 0 aromatic rings. The van der Waals surface area contributed by atoms with Crippen molar-refractivity contribution in [2.24, 2.45) is 0 Å². The summed E-state index contributed by atoms with van der Waals surface area (Å²) in [5.74, 6) is 0.139. The Morgan fingerprint density at radius 3 is 2.65 bits per heavy atom. The van der Waals surface area contributed by atoms with Crippen molar-refractivity contribution in [1.82, 2.24) is 15.1 Å². The smallest absolute Gasteiger partial charge is 0.240 e. The first-order valence-electron chi connectivity index (χ1n) is 9.18. The zero-order chi connectivity index (χ0) is 17.0. The van der Waals surface area contributed by atoms with Gasteiger partial charge in [0.25, 0.3) is 0 Å². The fraction of sp³-hybridized carbons (Fsp3) is 0.944. The molecule has 1 N–H and O–H groups in total. The lowest BCUT2D eigenvalue weighted by molar-refractivity contribution is -0.132. The second-order valence-electron chi connectivity index (χ2n) is 7.83. The predicted octanol–water partition coefficient (Wildman–Crippen LogP) is 1.86. The van der Waals surface area contributed by atoms with Gasteiger partial charge < -0.3 is 10.1 Å². The second kappa shape index (κ2) is 7.95. The van der Waals surface area contributed by atoms with Crippen LogP contribution in [-0.4, -0.2) is 72.7 Å². The van der Waals surface area contributed by atoms with E-state index in [9.17, 15) is 4.79 Å². The summed E-state index contributed by atoms with van der Waals surface area (Å²) in [6.45, 7) is 11.7. The van der Waals surface area contributed by atoms with Crippen LogP contribution in [0.5, 0.6) is 0 Å². The molecule has 23 heavy (non-hydrogen) atoms. The first kappa shape index (κ1) is 18.7. The van der Waals surface area contributed by atoms with Crippen LogP contribution in [0.4, 0.5) is 0 Å². The van der Waals surface area contributed by atoms with Crippen LogP contribution in [0.2, 0.25) is 0 Å². The van der Waals surface area contributed by atoms with Crippen molar-refractivity contribution >= 4 is 5.91 Å². The second-order valence-corrected chi connectivity index (χ2v) is 7.83. The van der Waals surface area contributed by atoms with E-state index in [4.69, 9.17) is 4.74 Å². The summed E-state index contributed by atoms with van der Waals surface area (Å²) in [4.78, 5) is 17.4. The molecule has 0 bridgehead atoms. The van der Waals surface area contributed by atoms with Crippen molar-refractivity contribution in [3.8, 4) is 0 Å². The highest BCUT2D eigenvalue weighted by Crippen LogP contribution is 2.27. The highest BCUT2D eigenvalue weighted by molar-refractivity contribution is 5.85. The number of carbonyl (C=O) groups excluding carboxylic acids is 1. The Bertz CT molecular complexity index is 394. The van der Waals surface area contributed by atoms with Gasteiger partial charge in [0, 0.05) is 31.2 Å². The van der Waals surface area contributed by atoms with E-state index in [2.05, 4.69) is 36.0 Å². The maximum absolute atomic E-state index is 12.7. The molecule has 1 heterocycles. The summed E-state index contributed by atoms with van der Waals surface area (Å²) in [7, 11) is 2.10. The molecule has 5 heteroatoms. The molecule has 0 aromatic heterocycles. The number of hydrogen-bond acceptors (Lipinski definition) is 4. The largest absolute Gasteiger partial charge is 0.379 e. The zero-order valence-electron chi connectivity index (χ0n) is 15.6. The van der Waals surface area contributed by atoms with Crippen molar-refractivity contribution in [2.75, 3.05) is 33.4 Å². The van der Waals surface area contributed by atoms with E-state index in [1.165, 1.54) is 25.7 Å². The lowest BCUT2D eigenvalue weighted by atomic mass is 9.98. The normalized spacial score (nSPS) is 25.7. The minimum atomic E-state index is -0.453. The lowest BCUT2D eigenvalue weighted by Gasteiger charge is -2.40. The van der Waals surface area contributed by atoms with E-state index in [0.29, 0.717) is 24.7 Å².